The summed E-state index contributed by atoms with van der Waals surface area (Å²) in [6.07, 6.45) is 13.7. The number of fused-ring (bicyclic) bond motifs is 1. The number of nitrogens with zero attached hydrogens (tertiary/aromatic N) is 2. The fourth-order valence-corrected chi connectivity index (χ4v) is 7.50. The van der Waals surface area contributed by atoms with E-state index in [2.05, 4.69) is 11.5 Å². The van der Waals surface area contributed by atoms with E-state index < -0.39 is 6.16 Å². The number of imidazole rings is 1. The molecule has 5 aliphatic carbocycles. The Morgan fingerprint density at radius 2 is 1.62 bits per heavy atom. The molecule has 1 amide bonds. The van der Waals surface area contributed by atoms with Crippen molar-refractivity contribution in [3.63, 3.8) is 0 Å². The summed E-state index contributed by atoms with van der Waals surface area (Å²) in [6.45, 7) is 0.857. The summed E-state index contributed by atoms with van der Waals surface area (Å²) in [7, 11) is 0. The molecule has 5 fully saturated rings. The van der Waals surface area contributed by atoms with Gasteiger partial charge in [-0.15, -0.1) is 0 Å². The van der Waals surface area contributed by atoms with Crippen LogP contribution in [-0.2, 0) is 0 Å². The second-order valence-corrected chi connectivity index (χ2v) is 10.7. The van der Waals surface area contributed by atoms with Crippen molar-refractivity contribution in [3.8, 4) is 0 Å². The minimum absolute atomic E-state index is 0.0664. The van der Waals surface area contributed by atoms with Crippen molar-refractivity contribution in [3.05, 3.63) is 35.8 Å². The molecule has 0 atom stereocenters. The first-order chi connectivity index (χ1) is 15.4. The van der Waals surface area contributed by atoms with Crippen molar-refractivity contribution >= 4 is 17.7 Å². The molecule has 0 aromatic carbocycles. The van der Waals surface area contributed by atoms with Crippen LogP contribution < -0.4 is 5.32 Å². The summed E-state index contributed by atoms with van der Waals surface area (Å²) < 4.78 is 2.02. The molecule has 3 N–H and O–H groups in total. The summed E-state index contributed by atoms with van der Waals surface area (Å²) in [5, 5.41) is 17.3. The molecule has 7 heteroatoms. The lowest BCUT2D eigenvalue weighted by Gasteiger charge is -2.56. The SMILES string of the molecule is O=C(NCC12CC3CC(CC(C3)C1)C2)c1cccc2nc(C3CCCC3)cn12.O=C(O)O. The molecular formula is C25H33N3O4. The Labute approximate surface area is 188 Å². The molecule has 2 aromatic rings. The molecule has 2 aromatic heterocycles. The van der Waals surface area contributed by atoms with Gasteiger partial charge in [0.2, 0.25) is 0 Å². The third-order valence-electron chi connectivity index (χ3n) is 8.31. The molecule has 7 rings (SSSR count). The number of carboxylic acid groups (broad SMARTS) is 2. The third kappa shape index (κ3) is 4.21. The largest absolute Gasteiger partial charge is 0.503 e. The summed E-state index contributed by atoms with van der Waals surface area (Å²) in [5.41, 5.74) is 3.18. The number of carbonyl (C=O) groups is 2. The highest BCUT2D eigenvalue weighted by Crippen LogP contribution is 2.59. The first kappa shape index (κ1) is 21.3. The number of nitrogens with one attached hydrogen (secondary N) is 1. The Morgan fingerprint density at radius 3 is 2.22 bits per heavy atom. The normalized spacial score (nSPS) is 30.8. The fourth-order valence-electron chi connectivity index (χ4n) is 7.50. The molecule has 0 unspecified atom stereocenters. The van der Waals surface area contributed by atoms with Crippen LogP contribution in [-0.4, -0.2) is 38.2 Å². The minimum atomic E-state index is -1.83. The summed E-state index contributed by atoms with van der Waals surface area (Å²) >= 11 is 0. The van der Waals surface area contributed by atoms with Crippen molar-refractivity contribution in [2.75, 3.05) is 6.54 Å². The van der Waals surface area contributed by atoms with Crippen LogP contribution in [0, 0.1) is 23.2 Å². The first-order valence-corrected chi connectivity index (χ1v) is 12.1. The van der Waals surface area contributed by atoms with Crippen LogP contribution >= 0.6 is 0 Å². The quantitative estimate of drug-likeness (QED) is 0.610. The molecule has 5 saturated carbocycles. The highest BCUT2D eigenvalue weighted by Gasteiger charge is 2.50. The van der Waals surface area contributed by atoms with Gasteiger partial charge in [0.25, 0.3) is 5.91 Å². The number of amides is 1. The standard InChI is InChI=1S/C24H31N3O.CH2O3/c28-23(25-15-24-11-16-8-17(12-24)10-18(9-16)13-24)21-6-3-7-22-26-20(14-27(21)22)19-4-1-2-5-19;2-1(3)4/h3,6-7,14,16-19H,1-2,4-5,8-13,15H2,(H,25,28);(H2,2,3,4). The summed E-state index contributed by atoms with van der Waals surface area (Å²) in [6, 6.07) is 5.94. The van der Waals surface area contributed by atoms with Gasteiger partial charge in [-0.2, -0.15) is 0 Å². The molecule has 7 nitrogen and oxygen atoms in total. The van der Waals surface area contributed by atoms with Gasteiger partial charge in [0.05, 0.1) is 5.69 Å². The Kier molecular flexibility index (Phi) is 5.59. The molecule has 2 heterocycles. The number of hydrogen-bond donors (Lipinski definition) is 3. The molecule has 32 heavy (non-hydrogen) atoms. The zero-order valence-electron chi connectivity index (χ0n) is 18.5. The van der Waals surface area contributed by atoms with Crippen LogP contribution in [0.1, 0.15) is 86.3 Å². The lowest BCUT2D eigenvalue weighted by Crippen LogP contribution is -2.51. The van der Waals surface area contributed by atoms with E-state index in [0.717, 1.165) is 35.6 Å². The Morgan fingerprint density at radius 1 is 1.03 bits per heavy atom. The molecule has 172 valence electrons. The average Bonchev–Trinajstić information content (AvgIpc) is 3.40. The van der Waals surface area contributed by atoms with Crippen molar-refractivity contribution in [2.45, 2.75) is 70.1 Å². The van der Waals surface area contributed by atoms with Gasteiger partial charge >= 0.3 is 6.16 Å². The number of aromatic nitrogens is 2. The fraction of sp³-hybridized carbons (Fsp3) is 0.640. The number of hydrogen-bond acceptors (Lipinski definition) is 3. The smallest absolute Gasteiger partial charge is 0.450 e. The van der Waals surface area contributed by atoms with Crippen molar-refractivity contribution in [1.82, 2.24) is 14.7 Å². The predicted octanol–water partition coefficient (Wildman–Crippen LogP) is 5.16. The second-order valence-electron chi connectivity index (χ2n) is 10.7. The number of carbonyl (C=O) groups excluding carboxylic acids is 1. The van der Waals surface area contributed by atoms with Crippen LogP contribution in [0.5, 0.6) is 0 Å². The molecule has 4 bridgehead atoms. The topological polar surface area (TPSA) is 104 Å². The van der Waals surface area contributed by atoms with Gasteiger partial charge in [0.15, 0.2) is 0 Å². The maximum Gasteiger partial charge on any atom is 0.503 e. The molecule has 5 aliphatic rings. The van der Waals surface area contributed by atoms with E-state index in [1.54, 1.807) is 0 Å². The third-order valence-corrected chi connectivity index (χ3v) is 8.31. The minimum Gasteiger partial charge on any atom is -0.450 e. The Hall–Kier alpha value is -2.57. The van der Waals surface area contributed by atoms with Crippen LogP contribution in [0.15, 0.2) is 24.4 Å². The van der Waals surface area contributed by atoms with Gasteiger partial charge in [-0.05, 0) is 86.7 Å². The molecule has 0 saturated heterocycles. The highest BCUT2D eigenvalue weighted by atomic mass is 16.6. The lowest BCUT2D eigenvalue weighted by molar-refractivity contribution is -0.0503. The molecular weight excluding hydrogens is 406 g/mol. The summed E-state index contributed by atoms with van der Waals surface area (Å²) in [5.74, 6) is 3.41. The zero-order chi connectivity index (χ0) is 22.3. The van der Waals surface area contributed by atoms with E-state index in [1.165, 1.54) is 69.9 Å². The van der Waals surface area contributed by atoms with Crippen LogP contribution in [0.4, 0.5) is 4.79 Å². The first-order valence-electron chi connectivity index (χ1n) is 12.1. The van der Waals surface area contributed by atoms with Crippen molar-refractivity contribution < 1.29 is 19.8 Å². The van der Waals surface area contributed by atoms with Crippen molar-refractivity contribution in [2.24, 2.45) is 23.2 Å². The van der Waals surface area contributed by atoms with E-state index >= 15 is 0 Å². The monoisotopic (exact) mass is 439 g/mol. The predicted molar refractivity (Wildman–Crippen MR) is 120 cm³/mol. The van der Waals surface area contributed by atoms with Gasteiger partial charge in [0, 0.05) is 18.7 Å². The zero-order valence-corrected chi connectivity index (χ0v) is 18.5. The van der Waals surface area contributed by atoms with E-state index in [4.69, 9.17) is 20.0 Å². The van der Waals surface area contributed by atoms with Crippen molar-refractivity contribution in [1.29, 1.82) is 0 Å². The van der Waals surface area contributed by atoms with Crippen LogP contribution in [0.3, 0.4) is 0 Å². The maximum absolute atomic E-state index is 13.1. The van der Waals surface area contributed by atoms with Crippen LogP contribution in [0.25, 0.3) is 5.65 Å². The van der Waals surface area contributed by atoms with Gasteiger partial charge in [-0.25, -0.2) is 9.78 Å². The van der Waals surface area contributed by atoms with E-state index in [-0.39, 0.29) is 5.91 Å². The molecule has 0 aliphatic heterocycles. The second kappa shape index (κ2) is 8.41. The van der Waals surface area contributed by atoms with E-state index in [1.807, 2.05) is 22.6 Å². The maximum atomic E-state index is 13.1. The van der Waals surface area contributed by atoms with E-state index in [9.17, 15) is 4.79 Å². The van der Waals surface area contributed by atoms with Crippen LogP contribution in [0.2, 0.25) is 0 Å². The van der Waals surface area contributed by atoms with Gasteiger partial charge in [-0.1, -0.05) is 18.9 Å². The average molecular weight is 440 g/mol. The Balaban J connectivity index is 0.000000501. The molecule has 0 radical (unpaired) electrons. The Bertz CT molecular complexity index is 968. The van der Waals surface area contributed by atoms with E-state index in [0.29, 0.717) is 11.3 Å². The van der Waals surface area contributed by atoms with Gasteiger partial charge in [-0.3, -0.25) is 9.20 Å². The number of rotatable bonds is 4. The van der Waals surface area contributed by atoms with Gasteiger partial charge < -0.3 is 15.5 Å². The highest BCUT2D eigenvalue weighted by molar-refractivity contribution is 5.93. The molecule has 0 spiro atoms. The summed E-state index contributed by atoms with van der Waals surface area (Å²) in [4.78, 5) is 26.5. The lowest BCUT2D eigenvalue weighted by atomic mass is 9.49. The van der Waals surface area contributed by atoms with Gasteiger partial charge in [0.1, 0.15) is 11.3 Å². The number of pyridine rings is 1.